The molecule has 0 aromatic rings. The van der Waals surface area contributed by atoms with Crippen LogP contribution in [0.4, 0.5) is 13.2 Å². The molecule has 3 unspecified atom stereocenters. The van der Waals surface area contributed by atoms with Gasteiger partial charge in [-0.05, 0) is 6.92 Å². The molecule has 0 rings (SSSR count). The molecule has 3 nitrogen and oxygen atoms in total. The minimum absolute atomic E-state index is 1.11. The summed E-state index contributed by atoms with van der Waals surface area (Å²) in [6, 6.07) is 0. The van der Waals surface area contributed by atoms with E-state index in [9.17, 15) is 17.7 Å². The largest absolute Gasteiger partial charge is 0.422 e. The zero-order valence-electron chi connectivity index (χ0n) is 7.95. The van der Waals surface area contributed by atoms with E-state index in [0.717, 1.165) is 6.92 Å². The Morgan fingerprint density at radius 2 is 2.00 bits per heavy atom. The lowest BCUT2D eigenvalue weighted by Gasteiger charge is -2.31. The molecule has 0 bridgehead atoms. The molecule has 0 heterocycles. The standard InChI is InChI=1S/C6H11ClF3O3PS/c1-4(3-6(8,9)10)5(2,15)13-14(7,11)12/h4,15H,3H2,1-2H3,(H,11,12). The lowest BCUT2D eigenvalue weighted by Crippen LogP contribution is -2.32. The first-order valence-electron chi connectivity index (χ1n) is 3.86. The third-order valence-corrected chi connectivity index (χ3v) is 3.24. The molecule has 0 fully saturated rings. The summed E-state index contributed by atoms with van der Waals surface area (Å²) in [5, 5.41) is 0. The third kappa shape index (κ3) is 7.47. The van der Waals surface area contributed by atoms with Crippen LogP contribution in [0.15, 0.2) is 0 Å². The summed E-state index contributed by atoms with van der Waals surface area (Å²) in [4.78, 5) is 6.95. The van der Waals surface area contributed by atoms with Crippen molar-refractivity contribution in [2.24, 2.45) is 5.92 Å². The molecular formula is C6H11ClF3O3PS. The second kappa shape index (κ2) is 4.84. The molecule has 9 heteroatoms. The lowest BCUT2D eigenvalue weighted by atomic mass is 10.0. The Morgan fingerprint density at radius 3 is 2.27 bits per heavy atom. The van der Waals surface area contributed by atoms with Gasteiger partial charge in [-0.1, -0.05) is 6.92 Å². The molecule has 0 spiro atoms. The van der Waals surface area contributed by atoms with Crippen molar-refractivity contribution < 1.29 is 27.2 Å². The molecule has 0 saturated heterocycles. The lowest BCUT2D eigenvalue weighted by molar-refractivity contribution is -0.150. The molecule has 0 aromatic heterocycles. The average molecular weight is 287 g/mol. The number of alkyl halides is 3. The Kier molecular flexibility index (Phi) is 5.02. The average Bonchev–Trinajstić information content (AvgIpc) is 1.75. The molecule has 0 aliphatic carbocycles. The summed E-state index contributed by atoms with van der Waals surface area (Å²) in [5.74, 6) is -1.11. The van der Waals surface area contributed by atoms with Gasteiger partial charge in [0.2, 0.25) is 0 Å². The summed E-state index contributed by atoms with van der Waals surface area (Å²) in [7, 11) is 0. The van der Waals surface area contributed by atoms with Gasteiger partial charge >= 0.3 is 13.1 Å². The van der Waals surface area contributed by atoms with Crippen molar-refractivity contribution in [1.29, 1.82) is 0 Å². The van der Waals surface area contributed by atoms with E-state index >= 15 is 0 Å². The van der Waals surface area contributed by atoms with Crippen LogP contribution in [0.5, 0.6) is 0 Å². The molecule has 92 valence electrons. The van der Waals surface area contributed by atoms with Crippen LogP contribution < -0.4 is 0 Å². The highest BCUT2D eigenvalue weighted by molar-refractivity contribution is 7.84. The first kappa shape index (κ1) is 15.6. The number of halogens is 4. The van der Waals surface area contributed by atoms with Crippen LogP contribution in [0.1, 0.15) is 20.3 Å². The molecule has 0 saturated carbocycles. The highest BCUT2D eigenvalue weighted by Crippen LogP contribution is 2.54. The molecule has 3 atom stereocenters. The summed E-state index contributed by atoms with van der Waals surface area (Å²) in [6.07, 6.45) is -5.57. The van der Waals surface area contributed by atoms with E-state index in [4.69, 9.17) is 16.1 Å². The molecule has 1 N–H and O–H groups in total. The van der Waals surface area contributed by atoms with Crippen molar-refractivity contribution in [1.82, 2.24) is 0 Å². The molecule has 15 heavy (non-hydrogen) atoms. The van der Waals surface area contributed by atoms with Crippen molar-refractivity contribution >= 4 is 30.8 Å². The Morgan fingerprint density at radius 1 is 1.60 bits per heavy atom. The van der Waals surface area contributed by atoms with Crippen molar-refractivity contribution in [3.05, 3.63) is 0 Å². The highest BCUT2D eigenvalue weighted by Gasteiger charge is 2.41. The Hall–Kier alpha value is 0.580. The fraction of sp³-hybridized carbons (Fsp3) is 1.00. The smallest absolute Gasteiger partial charge is 0.313 e. The normalized spacial score (nSPS) is 22.9. The fourth-order valence-electron chi connectivity index (χ4n) is 0.854. The third-order valence-electron chi connectivity index (χ3n) is 1.75. The first-order chi connectivity index (χ1) is 6.33. The number of thiol groups is 1. The Balaban J connectivity index is 4.53. The number of hydrogen-bond donors (Lipinski definition) is 2. The monoisotopic (exact) mass is 286 g/mol. The van der Waals surface area contributed by atoms with E-state index in [1.54, 1.807) is 0 Å². The summed E-state index contributed by atoms with van der Waals surface area (Å²) in [6.45, 7) is -2.03. The Bertz CT molecular complexity index is 265. The zero-order valence-corrected chi connectivity index (χ0v) is 10.5. The second-order valence-corrected chi connectivity index (χ2v) is 6.57. The van der Waals surface area contributed by atoms with Gasteiger partial charge in [-0.25, -0.2) is 4.57 Å². The summed E-state index contributed by atoms with van der Waals surface area (Å²) in [5.41, 5.74) is 0. The van der Waals surface area contributed by atoms with E-state index in [1.165, 1.54) is 6.92 Å². The quantitative estimate of drug-likeness (QED) is 0.472. The number of hydrogen-bond acceptors (Lipinski definition) is 3. The maximum absolute atomic E-state index is 12.0. The zero-order chi connectivity index (χ0) is 12.5. The van der Waals surface area contributed by atoms with E-state index in [0.29, 0.717) is 0 Å². The minimum atomic E-state index is -4.39. The molecule has 0 aliphatic rings. The van der Waals surface area contributed by atoms with Crippen LogP contribution in [0.25, 0.3) is 0 Å². The first-order valence-corrected chi connectivity index (χ1v) is 6.79. The number of rotatable bonds is 4. The van der Waals surface area contributed by atoms with Crippen LogP contribution in [-0.4, -0.2) is 16.0 Å². The van der Waals surface area contributed by atoms with Crippen LogP contribution in [0, 0.1) is 5.92 Å². The Labute approximate surface area is 95.7 Å². The van der Waals surface area contributed by atoms with E-state index in [2.05, 4.69) is 17.2 Å². The van der Waals surface area contributed by atoms with Crippen molar-refractivity contribution in [3.8, 4) is 0 Å². The topological polar surface area (TPSA) is 46.5 Å². The van der Waals surface area contributed by atoms with Gasteiger partial charge < -0.3 is 4.89 Å². The van der Waals surface area contributed by atoms with Crippen LogP contribution in [-0.2, 0) is 9.09 Å². The van der Waals surface area contributed by atoms with Crippen LogP contribution >= 0.6 is 30.8 Å². The van der Waals surface area contributed by atoms with Crippen molar-refractivity contribution in [3.63, 3.8) is 0 Å². The van der Waals surface area contributed by atoms with E-state index in [1.807, 2.05) is 0 Å². The van der Waals surface area contributed by atoms with Crippen LogP contribution in [0.3, 0.4) is 0 Å². The highest BCUT2D eigenvalue weighted by atomic mass is 35.7. The van der Waals surface area contributed by atoms with Gasteiger partial charge in [0.1, 0.15) is 4.93 Å². The van der Waals surface area contributed by atoms with Crippen molar-refractivity contribution in [2.45, 2.75) is 31.4 Å². The molecule has 0 amide bonds. The summed E-state index contributed by atoms with van der Waals surface area (Å²) >= 11 is 8.64. The predicted octanol–water partition coefficient (Wildman–Crippen LogP) is 3.58. The minimum Gasteiger partial charge on any atom is -0.313 e. The maximum atomic E-state index is 12.0. The van der Waals surface area contributed by atoms with Gasteiger partial charge in [-0.2, -0.15) is 13.2 Å². The van der Waals surface area contributed by atoms with E-state index < -0.39 is 30.4 Å². The van der Waals surface area contributed by atoms with Gasteiger partial charge in [-0.3, -0.25) is 4.52 Å². The van der Waals surface area contributed by atoms with Gasteiger partial charge in [0.15, 0.2) is 0 Å². The SMILES string of the molecule is CC(CC(F)(F)F)C(C)(S)OP(=O)(O)Cl. The summed E-state index contributed by atoms with van der Waals surface area (Å²) < 4.78 is 51.1. The fourth-order valence-corrected chi connectivity index (χ4v) is 2.49. The molecule has 0 radical (unpaired) electrons. The predicted molar refractivity (Wildman–Crippen MR) is 54.0 cm³/mol. The van der Waals surface area contributed by atoms with Gasteiger partial charge in [0.05, 0.1) is 0 Å². The van der Waals surface area contributed by atoms with Gasteiger partial charge in [-0.15, -0.1) is 12.6 Å². The molecule has 0 aromatic carbocycles. The molecule has 0 aliphatic heterocycles. The van der Waals surface area contributed by atoms with Crippen molar-refractivity contribution in [2.75, 3.05) is 0 Å². The van der Waals surface area contributed by atoms with Crippen LogP contribution in [0.2, 0.25) is 0 Å². The van der Waals surface area contributed by atoms with Gasteiger partial charge in [0.25, 0.3) is 0 Å². The second-order valence-electron chi connectivity index (χ2n) is 3.32. The van der Waals surface area contributed by atoms with E-state index in [-0.39, 0.29) is 0 Å². The molecular weight excluding hydrogens is 276 g/mol. The maximum Gasteiger partial charge on any atom is 0.422 e. The van der Waals surface area contributed by atoms with Gasteiger partial charge in [0, 0.05) is 23.6 Å².